The molecule has 1 aliphatic rings. The molecule has 0 aliphatic carbocycles. The van der Waals surface area contributed by atoms with Crippen LogP contribution in [0.15, 0.2) is 52.4 Å². The third kappa shape index (κ3) is 5.96. The molecule has 6 nitrogen and oxygen atoms in total. The first-order chi connectivity index (χ1) is 15.9. The zero-order valence-electron chi connectivity index (χ0n) is 18.8. The minimum absolute atomic E-state index is 0.0120. The van der Waals surface area contributed by atoms with Crippen molar-refractivity contribution in [3.8, 4) is 0 Å². The number of carbonyl (C=O) groups excluding carboxylic acids is 1. The lowest BCUT2D eigenvalue weighted by atomic mass is 10.1. The summed E-state index contributed by atoms with van der Waals surface area (Å²) in [5.74, 6) is 0.842. The van der Waals surface area contributed by atoms with Crippen LogP contribution in [-0.2, 0) is 17.0 Å². The van der Waals surface area contributed by atoms with Gasteiger partial charge in [-0.05, 0) is 54.7 Å². The van der Waals surface area contributed by atoms with Crippen molar-refractivity contribution in [2.45, 2.75) is 50.2 Å². The Kier molecular flexibility index (Phi) is 7.73. The Morgan fingerprint density at radius 3 is 2.76 bits per heavy atom. The molecule has 1 saturated heterocycles. The first kappa shape index (κ1) is 23.8. The molecule has 3 aromatic rings. The fraction of sp³-hybridized carbons (Fsp3) is 0.400. The molecule has 8 heteroatoms. The van der Waals surface area contributed by atoms with E-state index < -0.39 is 0 Å². The normalized spacial score (nSPS) is 15.9. The SMILES string of the molecule is CC(C)CNC(=O)c1ccc2c(=O)n(CC3CCCO3)c(SCc3ccc(Cl)cc3)nc2c1. The molecule has 1 atom stereocenters. The molecule has 1 aromatic heterocycles. The Balaban J connectivity index is 1.67. The summed E-state index contributed by atoms with van der Waals surface area (Å²) in [5, 5.41) is 4.73. The average molecular weight is 486 g/mol. The molecule has 174 valence electrons. The maximum atomic E-state index is 13.4. The van der Waals surface area contributed by atoms with E-state index in [1.54, 1.807) is 22.8 Å². The quantitative estimate of drug-likeness (QED) is 0.362. The molecule has 2 aromatic carbocycles. The van der Waals surface area contributed by atoms with Crippen LogP contribution in [-0.4, -0.2) is 34.7 Å². The number of aromatic nitrogens is 2. The van der Waals surface area contributed by atoms with E-state index in [1.807, 2.05) is 38.1 Å². The molecule has 1 amide bonds. The number of thioether (sulfide) groups is 1. The van der Waals surface area contributed by atoms with Gasteiger partial charge in [0.15, 0.2) is 5.16 Å². The molecular formula is C25H28ClN3O3S. The van der Waals surface area contributed by atoms with Crippen LogP contribution in [0.25, 0.3) is 10.9 Å². The van der Waals surface area contributed by atoms with Crippen molar-refractivity contribution in [3.63, 3.8) is 0 Å². The molecule has 0 radical (unpaired) electrons. The Morgan fingerprint density at radius 2 is 2.06 bits per heavy atom. The molecule has 0 saturated carbocycles. The highest BCUT2D eigenvalue weighted by molar-refractivity contribution is 7.98. The first-order valence-corrected chi connectivity index (χ1v) is 12.6. The average Bonchev–Trinajstić information content (AvgIpc) is 3.32. The molecule has 0 spiro atoms. The second kappa shape index (κ2) is 10.7. The van der Waals surface area contributed by atoms with Crippen LogP contribution in [0.1, 0.15) is 42.6 Å². The molecule has 2 heterocycles. The number of nitrogens with one attached hydrogen (secondary N) is 1. The predicted octanol–water partition coefficient (Wildman–Crippen LogP) is 4.91. The zero-order chi connectivity index (χ0) is 23.4. The fourth-order valence-electron chi connectivity index (χ4n) is 3.73. The topological polar surface area (TPSA) is 73.2 Å². The molecule has 1 aliphatic heterocycles. The number of hydrogen-bond acceptors (Lipinski definition) is 5. The van der Waals surface area contributed by atoms with Gasteiger partial charge in [-0.15, -0.1) is 0 Å². The van der Waals surface area contributed by atoms with Crippen molar-refractivity contribution in [2.75, 3.05) is 13.2 Å². The molecule has 33 heavy (non-hydrogen) atoms. The van der Waals surface area contributed by atoms with E-state index >= 15 is 0 Å². The van der Waals surface area contributed by atoms with E-state index in [1.165, 1.54) is 11.8 Å². The maximum Gasteiger partial charge on any atom is 0.262 e. The van der Waals surface area contributed by atoms with E-state index in [0.29, 0.717) is 51.4 Å². The molecular weight excluding hydrogens is 458 g/mol. The highest BCUT2D eigenvalue weighted by Crippen LogP contribution is 2.25. The second-order valence-electron chi connectivity index (χ2n) is 8.70. The van der Waals surface area contributed by atoms with Gasteiger partial charge in [-0.25, -0.2) is 4.98 Å². The van der Waals surface area contributed by atoms with Crippen molar-refractivity contribution in [3.05, 3.63) is 69.0 Å². The number of fused-ring (bicyclic) bond motifs is 1. The lowest BCUT2D eigenvalue weighted by Crippen LogP contribution is -2.29. The van der Waals surface area contributed by atoms with E-state index in [0.717, 1.165) is 25.0 Å². The number of amides is 1. The molecule has 1 fully saturated rings. The van der Waals surface area contributed by atoms with Crippen molar-refractivity contribution in [1.29, 1.82) is 0 Å². The minimum atomic E-state index is -0.161. The van der Waals surface area contributed by atoms with Crippen molar-refractivity contribution < 1.29 is 9.53 Å². The van der Waals surface area contributed by atoms with Gasteiger partial charge in [-0.3, -0.25) is 14.2 Å². The van der Waals surface area contributed by atoms with Crippen molar-refractivity contribution in [1.82, 2.24) is 14.9 Å². The van der Waals surface area contributed by atoms with Crippen LogP contribution in [0.5, 0.6) is 0 Å². The summed E-state index contributed by atoms with van der Waals surface area (Å²) < 4.78 is 7.51. The number of rotatable bonds is 8. The van der Waals surface area contributed by atoms with Crippen molar-refractivity contribution in [2.24, 2.45) is 5.92 Å². The summed E-state index contributed by atoms with van der Waals surface area (Å²) in [4.78, 5) is 30.8. The summed E-state index contributed by atoms with van der Waals surface area (Å²) in [6.45, 7) is 5.88. The van der Waals surface area contributed by atoms with Crippen LogP contribution in [0.2, 0.25) is 5.02 Å². The number of nitrogens with zero attached hydrogens (tertiary/aromatic N) is 2. The van der Waals surface area contributed by atoms with Crippen LogP contribution >= 0.6 is 23.4 Å². The lowest BCUT2D eigenvalue weighted by Gasteiger charge is -2.17. The largest absolute Gasteiger partial charge is 0.376 e. The van der Waals surface area contributed by atoms with E-state index in [-0.39, 0.29) is 17.6 Å². The van der Waals surface area contributed by atoms with Gasteiger partial charge in [-0.2, -0.15) is 0 Å². The Labute approximate surface area is 202 Å². The standard InChI is InChI=1S/C25H28ClN3O3S/c1-16(2)13-27-23(30)18-7-10-21-22(12-18)28-25(33-15-17-5-8-19(26)9-6-17)29(24(21)31)14-20-4-3-11-32-20/h5-10,12,16,20H,3-4,11,13-15H2,1-2H3,(H,27,30). The van der Waals surface area contributed by atoms with Crippen LogP contribution in [0, 0.1) is 5.92 Å². The lowest BCUT2D eigenvalue weighted by molar-refractivity contribution is 0.0937. The van der Waals surface area contributed by atoms with Gasteiger partial charge in [0, 0.05) is 29.5 Å². The third-order valence-electron chi connectivity index (χ3n) is 5.54. The van der Waals surface area contributed by atoms with Gasteiger partial charge in [0.1, 0.15) is 0 Å². The summed E-state index contributed by atoms with van der Waals surface area (Å²) in [6.07, 6.45) is 1.95. The Bertz CT molecular complexity index is 1190. The first-order valence-electron chi connectivity index (χ1n) is 11.2. The fourth-order valence-corrected chi connectivity index (χ4v) is 4.82. The van der Waals surface area contributed by atoms with E-state index in [9.17, 15) is 9.59 Å². The van der Waals surface area contributed by atoms with Crippen molar-refractivity contribution >= 4 is 40.2 Å². The number of hydrogen-bond donors (Lipinski definition) is 1. The molecule has 1 unspecified atom stereocenters. The van der Waals surface area contributed by atoms with Gasteiger partial charge >= 0.3 is 0 Å². The number of halogens is 1. The van der Waals surface area contributed by atoms with E-state index in [2.05, 4.69) is 5.32 Å². The smallest absolute Gasteiger partial charge is 0.262 e. The van der Waals surface area contributed by atoms with Gasteiger partial charge < -0.3 is 10.1 Å². The number of benzene rings is 2. The monoisotopic (exact) mass is 485 g/mol. The highest BCUT2D eigenvalue weighted by Gasteiger charge is 2.21. The minimum Gasteiger partial charge on any atom is -0.376 e. The van der Waals surface area contributed by atoms with Gasteiger partial charge in [0.2, 0.25) is 0 Å². The summed E-state index contributed by atoms with van der Waals surface area (Å²) in [6, 6.07) is 12.7. The molecule has 1 N–H and O–H groups in total. The number of carbonyl (C=O) groups is 1. The van der Waals surface area contributed by atoms with Crippen LogP contribution < -0.4 is 10.9 Å². The van der Waals surface area contributed by atoms with Crippen LogP contribution in [0.3, 0.4) is 0 Å². The van der Waals surface area contributed by atoms with Gasteiger partial charge in [0.05, 0.1) is 23.6 Å². The second-order valence-corrected chi connectivity index (χ2v) is 10.1. The summed E-state index contributed by atoms with van der Waals surface area (Å²) in [5.41, 5.74) is 2.01. The third-order valence-corrected chi connectivity index (χ3v) is 6.84. The molecule has 0 bridgehead atoms. The summed E-state index contributed by atoms with van der Waals surface area (Å²) in [7, 11) is 0. The summed E-state index contributed by atoms with van der Waals surface area (Å²) >= 11 is 7.50. The van der Waals surface area contributed by atoms with Gasteiger partial charge in [-0.1, -0.05) is 49.3 Å². The van der Waals surface area contributed by atoms with Gasteiger partial charge in [0.25, 0.3) is 11.5 Å². The van der Waals surface area contributed by atoms with Crippen LogP contribution in [0.4, 0.5) is 0 Å². The Hall–Kier alpha value is -2.35. The number of ether oxygens (including phenoxy) is 1. The Morgan fingerprint density at radius 1 is 1.27 bits per heavy atom. The van der Waals surface area contributed by atoms with E-state index in [4.69, 9.17) is 21.3 Å². The zero-order valence-corrected chi connectivity index (χ0v) is 20.4. The predicted molar refractivity (Wildman–Crippen MR) is 133 cm³/mol. The molecule has 4 rings (SSSR count). The highest BCUT2D eigenvalue weighted by atomic mass is 35.5. The maximum absolute atomic E-state index is 13.4.